The van der Waals surface area contributed by atoms with E-state index in [2.05, 4.69) is 51.2 Å². The van der Waals surface area contributed by atoms with Crippen LogP contribution in [-0.4, -0.2) is 11.3 Å². The van der Waals surface area contributed by atoms with Crippen molar-refractivity contribution in [3.05, 3.63) is 71.2 Å². The first-order valence-corrected chi connectivity index (χ1v) is 10.0. The van der Waals surface area contributed by atoms with E-state index in [-0.39, 0.29) is 5.41 Å². The molecule has 0 saturated heterocycles. The van der Waals surface area contributed by atoms with Crippen LogP contribution in [0.3, 0.4) is 0 Å². The van der Waals surface area contributed by atoms with E-state index >= 15 is 0 Å². The summed E-state index contributed by atoms with van der Waals surface area (Å²) in [5, 5.41) is 9.86. The van der Waals surface area contributed by atoms with Gasteiger partial charge < -0.3 is 5.11 Å². The minimum Gasteiger partial charge on any atom is -0.508 e. The van der Waals surface area contributed by atoms with Crippen LogP contribution in [0.4, 0.5) is 0 Å². The molecule has 0 aromatic heterocycles. The molecule has 140 valence electrons. The molecule has 0 amide bonds. The van der Waals surface area contributed by atoms with Gasteiger partial charge in [0.2, 0.25) is 0 Å². The summed E-state index contributed by atoms with van der Waals surface area (Å²) in [7, 11) is 0. The number of allylic oxidation sites excluding steroid dienone is 10. The summed E-state index contributed by atoms with van der Waals surface area (Å²) in [4.78, 5) is 4.83. The minimum atomic E-state index is -0.0728. The molecule has 1 aliphatic carbocycles. The molecule has 0 radical (unpaired) electrons. The monoisotopic (exact) mass is 351 g/mol. The Morgan fingerprint density at radius 1 is 1.23 bits per heavy atom. The maximum atomic E-state index is 9.86. The summed E-state index contributed by atoms with van der Waals surface area (Å²) in [5.74, 6) is 0.303. The number of rotatable bonds is 7. The van der Waals surface area contributed by atoms with Crippen molar-refractivity contribution in [2.75, 3.05) is 0 Å². The molecule has 0 fully saturated rings. The zero-order valence-corrected chi connectivity index (χ0v) is 16.5. The smallest absolute Gasteiger partial charge is 0.115 e. The Labute approximate surface area is 159 Å². The van der Waals surface area contributed by atoms with Crippen molar-refractivity contribution in [2.45, 2.75) is 65.7 Å². The van der Waals surface area contributed by atoms with Crippen LogP contribution in [0, 0.1) is 5.41 Å². The third kappa shape index (κ3) is 5.45. The standard InChI is InChI=1S/C24H33NO/c1-4-7-10-20(9-5-2)12-13-21-11-8-17-24(6-3)18-16-22(26)14-15-23(24)25-19-21/h7,9-11,14-16,18-19,26H,4-6,8,12-13,17H2,1-3H3/b10-7-,20-9+,21-11+,25-19-. The molecule has 2 nitrogen and oxygen atoms in total. The fourth-order valence-electron chi connectivity index (χ4n) is 3.54. The molecule has 0 saturated carbocycles. The van der Waals surface area contributed by atoms with Crippen LogP contribution < -0.4 is 0 Å². The number of nitrogens with zero attached hydrogens (tertiary/aromatic N) is 1. The maximum absolute atomic E-state index is 9.86. The lowest BCUT2D eigenvalue weighted by molar-refractivity contribution is 0.400. The van der Waals surface area contributed by atoms with Crippen molar-refractivity contribution < 1.29 is 5.11 Å². The molecule has 2 heteroatoms. The number of aliphatic hydroxyl groups is 1. The van der Waals surface area contributed by atoms with E-state index < -0.39 is 0 Å². The Morgan fingerprint density at radius 3 is 2.81 bits per heavy atom. The predicted octanol–water partition coefficient (Wildman–Crippen LogP) is 7.15. The van der Waals surface area contributed by atoms with Crippen LogP contribution in [-0.2, 0) is 0 Å². The maximum Gasteiger partial charge on any atom is 0.115 e. The van der Waals surface area contributed by atoms with Gasteiger partial charge in [-0.25, -0.2) is 0 Å². The minimum absolute atomic E-state index is 0.0728. The SMILES string of the molecule is CC/C=C\C(=C/CC)CCC1=C\CCC2(CC)C=CC(O)=CC=C2/N=C\1. The third-order valence-corrected chi connectivity index (χ3v) is 5.23. The molecule has 1 aliphatic heterocycles. The van der Waals surface area contributed by atoms with E-state index in [9.17, 15) is 5.11 Å². The Kier molecular flexibility index (Phi) is 7.90. The Hall–Kier alpha value is -2.09. The second-order valence-corrected chi connectivity index (χ2v) is 7.06. The van der Waals surface area contributed by atoms with Crippen LogP contribution in [0.1, 0.15) is 65.7 Å². The average Bonchev–Trinajstić information content (AvgIpc) is 2.78. The zero-order chi connectivity index (χ0) is 18.8. The van der Waals surface area contributed by atoms with E-state index in [0.29, 0.717) is 5.76 Å². The molecule has 2 aliphatic rings. The molecule has 2 rings (SSSR count). The van der Waals surface area contributed by atoms with Gasteiger partial charge in [-0.15, -0.1) is 0 Å². The first-order chi connectivity index (χ1) is 12.6. The summed E-state index contributed by atoms with van der Waals surface area (Å²) in [5.41, 5.74) is 3.71. The summed E-state index contributed by atoms with van der Waals surface area (Å²) < 4.78 is 0. The van der Waals surface area contributed by atoms with Crippen LogP contribution in [0.2, 0.25) is 0 Å². The van der Waals surface area contributed by atoms with Crippen LogP contribution in [0.25, 0.3) is 0 Å². The fourth-order valence-corrected chi connectivity index (χ4v) is 3.54. The van der Waals surface area contributed by atoms with E-state index in [1.807, 2.05) is 18.4 Å². The van der Waals surface area contributed by atoms with E-state index in [4.69, 9.17) is 4.99 Å². The second kappa shape index (κ2) is 10.2. The lowest BCUT2D eigenvalue weighted by Crippen LogP contribution is -2.20. The van der Waals surface area contributed by atoms with Crippen molar-refractivity contribution in [3.8, 4) is 0 Å². The lowest BCUT2D eigenvalue weighted by Gasteiger charge is -2.30. The Morgan fingerprint density at radius 2 is 2.08 bits per heavy atom. The van der Waals surface area contributed by atoms with Crippen LogP contribution in [0.15, 0.2) is 76.2 Å². The topological polar surface area (TPSA) is 32.6 Å². The molecular weight excluding hydrogens is 318 g/mol. The molecule has 0 spiro atoms. The molecule has 0 bridgehead atoms. The van der Waals surface area contributed by atoms with Crippen LogP contribution >= 0.6 is 0 Å². The van der Waals surface area contributed by atoms with Crippen LogP contribution in [0.5, 0.6) is 0 Å². The molecule has 1 unspecified atom stereocenters. The van der Waals surface area contributed by atoms with Crippen molar-refractivity contribution in [2.24, 2.45) is 10.4 Å². The fraction of sp³-hybridized carbons (Fsp3) is 0.458. The molecule has 26 heavy (non-hydrogen) atoms. The van der Waals surface area contributed by atoms with Gasteiger partial charge in [-0.3, -0.25) is 4.99 Å². The van der Waals surface area contributed by atoms with Gasteiger partial charge in [0.15, 0.2) is 0 Å². The summed E-state index contributed by atoms with van der Waals surface area (Å²) in [6, 6.07) is 0. The quantitative estimate of drug-likeness (QED) is 0.485. The van der Waals surface area contributed by atoms with Gasteiger partial charge in [-0.1, -0.05) is 56.7 Å². The first-order valence-electron chi connectivity index (χ1n) is 10.0. The van der Waals surface area contributed by atoms with Gasteiger partial charge in [0.1, 0.15) is 5.76 Å². The molecule has 0 aromatic carbocycles. The predicted molar refractivity (Wildman–Crippen MR) is 114 cm³/mol. The van der Waals surface area contributed by atoms with Crippen molar-refractivity contribution in [3.63, 3.8) is 0 Å². The molecule has 1 atom stereocenters. The van der Waals surface area contributed by atoms with Crippen molar-refractivity contribution in [1.82, 2.24) is 0 Å². The number of aliphatic imine (C=N–C) groups is 1. The van der Waals surface area contributed by atoms with E-state index in [0.717, 1.165) is 50.6 Å². The molecule has 0 aromatic rings. The van der Waals surface area contributed by atoms with Gasteiger partial charge in [0.05, 0.1) is 5.70 Å². The van der Waals surface area contributed by atoms with Gasteiger partial charge in [-0.2, -0.15) is 0 Å². The zero-order valence-electron chi connectivity index (χ0n) is 16.5. The highest BCUT2D eigenvalue weighted by Gasteiger charge is 2.30. The van der Waals surface area contributed by atoms with E-state index in [1.165, 1.54) is 11.1 Å². The number of aliphatic hydroxyl groups excluding tert-OH is 1. The molecular formula is C24H33NO. The van der Waals surface area contributed by atoms with Gasteiger partial charge in [-0.05, 0) is 68.7 Å². The largest absolute Gasteiger partial charge is 0.508 e. The van der Waals surface area contributed by atoms with Crippen molar-refractivity contribution >= 4 is 6.21 Å². The third-order valence-electron chi connectivity index (χ3n) is 5.23. The lowest BCUT2D eigenvalue weighted by atomic mass is 9.76. The van der Waals surface area contributed by atoms with E-state index in [1.54, 1.807) is 6.08 Å². The summed E-state index contributed by atoms with van der Waals surface area (Å²) in [6.07, 6.45) is 26.2. The number of hydrogen-bond acceptors (Lipinski definition) is 2. The Bertz CT molecular complexity index is 685. The highest BCUT2D eigenvalue weighted by Crippen LogP contribution is 2.41. The number of fused-ring (bicyclic) bond motifs is 1. The molecule has 1 heterocycles. The second-order valence-electron chi connectivity index (χ2n) is 7.06. The summed E-state index contributed by atoms with van der Waals surface area (Å²) in [6.45, 7) is 6.56. The first kappa shape index (κ1) is 20.2. The highest BCUT2D eigenvalue weighted by molar-refractivity contribution is 5.80. The normalized spacial score (nSPS) is 26.9. The van der Waals surface area contributed by atoms with Gasteiger partial charge in [0, 0.05) is 11.6 Å². The highest BCUT2D eigenvalue weighted by atomic mass is 16.3. The number of hydrogen-bond donors (Lipinski definition) is 1. The summed E-state index contributed by atoms with van der Waals surface area (Å²) >= 11 is 0. The Balaban J connectivity index is 2.14. The average molecular weight is 352 g/mol. The van der Waals surface area contributed by atoms with Gasteiger partial charge >= 0.3 is 0 Å². The van der Waals surface area contributed by atoms with Gasteiger partial charge in [0.25, 0.3) is 0 Å². The van der Waals surface area contributed by atoms with Crippen molar-refractivity contribution in [1.29, 1.82) is 0 Å². The molecule has 1 N–H and O–H groups in total.